The maximum absolute atomic E-state index is 12.0. The molecule has 118 valence electrons. The summed E-state index contributed by atoms with van der Waals surface area (Å²) in [5, 5.41) is 2.89. The van der Waals surface area contributed by atoms with Crippen molar-refractivity contribution in [3.63, 3.8) is 0 Å². The number of nitrogens with one attached hydrogen (secondary N) is 1. The maximum Gasteiger partial charge on any atom is 0.254 e. The fourth-order valence-electron chi connectivity index (χ4n) is 2.15. The van der Waals surface area contributed by atoms with E-state index in [0.29, 0.717) is 24.4 Å². The summed E-state index contributed by atoms with van der Waals surface area (Å²) in [5.41, 5.74) is 8.29. The number of hydrogen-bond donors (Lipinski definition) is 2. The number of carbonyl (C=O) groups is 1. The molecule has 0 atom stereocenters. The Morgan fingerprint density at radius 2 is 2.09 bits per heavy atom. The monoisotopic (exact) mass is 301 g/mol. The van der Waals surface area contributed by atoms with Gasteiger partial charge in [-0.2, -0.15) is 0 Å². The summed E-state index contributed by atoms with van der Waals surface area (Å²) in [6.45, 7) is 4.82. The molecule has 1 heterocycles. The molecule has 0 unspecified atom stereocenters. The quantitative estimate of drug-likeness (QED) is 0.822. The van der Waals surface area contributed by atoms with Gasteiger partial charge in [-0.3, -0.25) is 4.79 Å². The normalized spacial score (nSPS) is 10.9. The minimum Gasteiger partial charge on any atom is -0.467 e. The predicted molar refractivity (Wildman–Crippen MR) is 86.2 cm³/mol. The van der Waals surface area contributed by atoms with Gasteiger partial charge in [-0.1, -0.05) is 31.2 Å². The van der Waals surface area contributed by atoms with Crippen molar-refractivity contribution in [3.8, 4) is 0 Å². The molecule has 0 spiro atoms. The van der Waals surface area contributed by atoms with Crippen LogP contribution in [-0.4, -0.2) is 24.4 Å². The number of nitrogens with two attached hydrogens (primary N) is 1. The van der Waals surface area contributed by atoms with Crippen molar-refractivity contribution in [2.75, 3.05) is 13.6 Å². The van der Waals surface area contributed by atoms with Crippen LogP contribution in [0.4, 0.5) is 0 Å². The molecule has 1 aromatic heterocycles. The van der Waals surface area contributed by atoms with Crippen LogP contribution in [0.25, 0.3) is 0 Å². The minimum absolute atomic E-state index is 0.153. The molecule has 0 saturated carbocycles. The zero-order valence-electron chi connectivity index (χ0n) is 13.1. The topological polar surface area (TPSA) is 71.5 Å². The number of carbonyl (C=O) groups excluding carboxylic acids is 1. The van der Waals surface area contributed by atoms with Gasteiger partial charge < -0.3 is 20.4 Å². The van der Waals surface area contributed by atoms with E-state index in [4.69, 9.17) is 10.2 Å². The average molecular weight is 301 g/mol. The van der Waals surface area contributed by atoms with Crippen molar-refractivity contribution in [2.24, 2.45) is 5.73 Å². The van der Waals surface area contributed by atoms with E-state index >= 15 is 0 Å². The second-order valence-electron chi connectivity index (χ2n) is 5.34. The molecule has 0 saturated heterocycles. The summed E-state index contributed by atoms with van der Waals surface area (Å²) < 4.78 is 5.17. The van der Waals surface area contributed by atoms with Crippen LogP contribution in [0.15, 0.2) is 41.0 Å². The summed E-state index contributed by atoms with van der Waals surface area (Å²) >= 11 is 0. The zero-order valence-corrected chi connectivity index (χ0v) is 13.1. The Kier molecular flexibility index (Phi) is 5.75. The molecule has 22 heavy (non-hydrogen) atoms. The van der Waals surface area contributed by atoms with Crippen molar-refractivity contribution in [3.05, 3.63) is 59.0 Å². The largest absolute Gasteiger partial charge is 0.467 e. The van der Waals surface area contributed by atoms with E-state index in [1.54, 1.807) is 6.07 Å². The van der Waals surface area contributed by atoms with Gasteiger partial charge in [0, 0.05) is 13.1 Å². The van der Waals surface area contributed by atoms with Crippen LogP contribution < -0.4 is 11.1 Å². The molecular formula is C17H23N3O2. The minimum atomic E-state index is -0.153. The highest BCUT2D eigenvalue weighted by Gasteiger charge is 2.09. The zero-order chi connectivity index (χ0) is 15.9. The molecule has 0 aliphatic carbocycles. The van der Waals surface area contributed by atoms with Gasteiger partial charge in [0.2, 0.25) is 0 Å². The molecule has 0 radical (unpaired) electrons. The molecule has 3 N–H and O–H groups in total. The summed E-state index contributed by atoms with van der Waals surface area (Å²) in [6.07, 6.45) is 1.43. The van der Waals surface area contributed by atoms with Crippen molar-refractivity contribution in [1.29, 1.82) is 0 Å². The third kappa shape index (κ3) is 4.44. The Morgan fingerprint density at radius 1 is 1.32 bits per heavy atom. The van der Waals surface area contributed by atoms with Gasteiger partial charge in [-0.15, -0.1) is 0 Å². The van der Waals surface area contributed by atoms with Crippen molar-refractivity contribution in [1.82, 2.24) is 10.2 Å². The fourth-order valence-corrected chi connectivity index (χ4v) is 2.15. The summed E-state index contributed by atoms with van der Waals surface area (Å²) in [4.78, 5) is 14.3. The summed E-state index contributed by atoms with van der Waals surface area (Å²) in [5.74, 6) is 0.453. The molecule has 5 nitrogen and oxygen atoms in total. The third-order valence-electron chi connectivity index (χ3n) is 3.55. The van der Waals surface area contributed by atoms with Gasteiger partial charge in [-0.25, -0.2) is 0 Å². The van der Waals surface area contributed by atoms with Crippen LogP contribution in [0, 0.1) is 0 Å². The lowest BCUT2D eigenvalue weighted by Crippen LogP contribution is -2.22. The number of amides is 1. The van der Waals surface area contributed by atoms with E-state index in [2.05, 4.69) is 36.3 Å². The number of furan rings is 1. The number of rotatable bonds is 7. The SMILES string of the molecule is CCN(C)Cc1cccc(CNC(=O)c2coc(CN)c2)c1. The van der Waals surface area contributed by atoms with Gasteiger partial charge in [0.05, 0.1) is 12.1 Å². The summed E-state index contributed by atoms with van der Waals surface area (Å²) in [6, 6.07) is 9.91. The van der Waals surface area contributed by atoms with E-state index in [0.717, 1.165) is 18.7 Å². The first-order valence-corrected chi connectivity index (χ1v) is 7.44. The van der Waals surface area contributed by atoms with Gasteiger partial charge in [0.15, 0.2) is 0 Å². The Labute approximate surface area is 131 Å². The van der Waals surface area contributed by atoms with Crippen LogP contribution in [0.1, 0.15) is 34.2 Å². The van der Waals surface area contributed by atoms with Crippen molar-refractivity contribution >= 4 is 5.91 Å². The lowest BCUT2D eigenvalue weighted by Gasteiger charge is -2.14. The maximum atomic E-state index is 12.0. The van der Waals surface area contributed by atoms with E-state index < -0.39 is 0 Å². The second-order valence-corrected chi connectivity index (χ2v) is 5.34. The Morgan fingerprint density at radius 3 is 2.77 bits per heavy atom. The van der Waals surface area contributed by atoms with Crippen LogP contribution >= 0.6 is 0 Å². The van der Waals surface area contributed by atoms with Gasteiger partial charge >= 0.3 is 0 Å². The van der Waals surface area contributed by atoms with Gasteiger partial charge in [-0.05, 0) is 30.8 Å². The third-order valence-corrected chi connectivity index (χ3v) is 3.55. The van der Waals surface area contributed by atoms with E-state index in [1.165, 1.54) is 11.8 Å². The fraction of sp³-hybridized carbons (Fsp3) is 0.353. The Balaban J connectivity index is 1.93. The number of benzene rings is 1. The molecule has 0 bridgehead atoms. The van der Waals surface area contributed by atoms with Crippen LogP contribution in [0.5, 0.6) is 0 Å². The van der Waals surface area contributed by atoms with Gasteiger partial charge in [0.25, 0.3) is 5.91 Å². The molecule has 2 aromatic rings. The number of hydrogen-bond acceptors (Lipinski definition) is 4. The molecule has 2 rings (SSSR count). The first-order valence-electron chi connectivity index (χ1n) is 7.44. The first kappa shape index (κ1) is 16.3. The van der Waals surface area contributed by atoms with Crippen LogP contribution in [0.2, 0.25) is 0 Å². The van der Waals surface area contributed by atoms with Crippen LogP contribution in [-0.2, 0) is 19.6 Å². The Bertz CT molecular complexity index is 622. The van der Waals surface area contributed by atoms with Crippen molar-refractivity contribution in [2.45, 2.75) is 26.6 Å². The standard InChI is InChI=1S/C17H23N3O2/c1-3-20(2)11-14-6-4-5-13(7-14)10-19-17(21)15-8-16(9-18)22-12-15/h4-8,12H,3,9-11,18H2,1-2H3,(H,19,21). The average Bonchev–Trinajstić information content (AvgIpc) is 3.02. The van der Waals surface area contributed by atoms with E-state index in [9.17, 15) is 4.79 Å². The lowest BCUT2D eigenvalue weighted by molar-refractivity contribution is 0.0950. The lowest BCUT2D eigenvalue weighted by atomic mass is 10.1. The van der Waals surface area contributed by atoms with Crippen molar-refractivity contribution < 1.29 is 9.21 Å². The predicted octanol–water partition coefficient (Wildman–Crippen LogP) is 2.12. The molecule has 0 aliphatic heterocycles. The summed E-state index contributed by atoms with van der Waals surface area (Å²) in [7, 11) is 2.09. The van der Waals surface area contributed by atoms with Gasteiger partial charge in [0.1, 0.15) is 12.0 Å². The molecule has 0 fully saturated rings. The molecule has 1 aromatic carbocycles. The molecule has 0 aliphatic rings. The van der Waals surface area contributed by atoms with E-state index in [-0.39, 0.29) is 5.91 Å². The highest BCUT2D eigenvalue weighted by atomic mass is 16.3. The number of nitrogens with zero attached hydrogens (tertiary/aromatic N) is 1. The molecular weight excluding hydrogens is 278 g/mol. The second kappa shape index (κ2) is 7.77. The molecule has 1 amide bonds. The molecule has 5 heteroatoms. The highest BCUT2D eigenvalue weighted by Crippen LogP contribution is 2.09. The Hall–Kier alpha value is -2.11. The van der Waals surface area contributed by atoms with E-state index in [1.807, 2.05) is 12.1 Å². The first-order chi connectivity index (χ1) is 10.6. The highest BCUT2D eigenvalue weighted by molar-refractivity contribution is 5.93. The van der Waals surface area contributed by atoms with Crippen LogP contribution in [0.3, 0.4) is 0 Å². The smallest absolute Gasteiger partial charge is 0.254 e.